The summed E-state index contributed by atoms with van der Waals surface area (Å²) in [7, 11) is 1.77. The molecule has 1 N–H and O–H groups in total. The number of hydrogen-bond donors (Lipinski definition) is 1. The molecule has 112 valence electrons. The van der Waals surface area contributed by atoms with Crippen LogP contribution in [0.2, 0.25) is 0 Å². The number of ether oxygens (including phenoxy) is 1. The third-order valence-electron chi connectivity index (χ3n) is 4.53. The summed E-state index contributed by atoms with van der Waals surface area (Å²) in [4.78, 5) is 0. The average molecular weight is 275 g/mol. The molecule has 1 aromatic carbocycles. The van der Waals surface area contributed by atoms with Crippen LogP contribution in [0.4, 0.5) is 0 Å². The molecule has 0 heterocycles. The Morgan fingerprint density at radius 1 is 1.25 bits per heavy atom. The van der Waals surface area contributed by atoms with Gasteiger partial charge in [-0.25, -0.2) is 0 Å². The summed E-state index contributed by atoms with van der Waals surface area (Å²) in [6.07, 6.45) is 8.25. The minimum absolute atomic E-state index is 0.731. The molecule has 0 amide bonds. The predicted molar refractivity (Wildman–Crippen MR) is 85.3 cm³/mol. The summed E-state index contributed by atoms with van der Waals surface area (Å²) < 4.78 is 5.50. The van der Waals surface area contributed by atoms with Crippen LogP contribution in [-0.4, -0.2) is 20.2 Å². The Morgan fingerprint density at radius 3 is 2.70 bits per heavy atom. The maximum atomic E-state index is 5.50. The second-order valence-corrected chi connectivity index (χ2v) is 6.08. The van der Waals surface area contributed by atoms with Crippen LogP contribution in [0.1, 0.15) is 44.6 Å². The molecule has 1 aromatic rings. The third-order valence-corrected chi connectivity index (χ3v) is 4.53. The molecule has 0 aromatic heterocycles. The highest BCUT2D eigenvalue weighted by Crippen LogP contribution is 2.32. The average Bonchev–Trinajstić information content (AvgIpc) is 2.98. The van der Waals surface area contributed by atoms with Crippen LogP contribution in [0.5, 0.6) is 5.75 Å². The van der Waals surface area contributed by atoms with E-state index in [9.17, 15) is 0 Å². The Hall–Kier alpha value is -1.02. The molecule has 2 rings (SSSR count). The first kappa shape index (κ1) is 15.4. The van der Waals surface area contributed by atoms with E-state index in [2.05, 4.69) is 36.5 Å². The zero-order valence-corrected chi connectivity index (χ0v) is 13.0. The lowest BCUT2D eigenvalue weighted by molar-refractivity contribution is 0.351. The van der Waals surface area contributed by atoms with Gasteiger partial charge in [-0.15, -0.1) is 0 Å². The highest BCUT2D eigenvalue weighted by Gasteiger charge is 2.21. The van der Waals surface area contributed by atoms with Gasteiger partial charge in [0.2, 0.25) is 0 Å². The summed E-state index contributed by atoms with van der Waals surface area (Å²) in [5.74, 6) is 2.73. The topological polar surface area (TPSA) is 21.3 Å². The number of rotatable bonds is 8. The molecule has 0 saturated heterocycles. The lowest BCUT2D eigenvalue weighted by atomic mass is 9.88. The second-order valence-electron chi connectivity index (χ2n) is 6.08. The van der Waals surface area contributed by atoms with Gasteiger partial charge in [0.05, 0.1) is 7.11 Å². The van der Waals surface area contributed by atoms with Crippen LogP contribution in [0.15, 0.2) is 24.3 Å². The maximum absolute atomic E-state index is 5.50. The van der Waals surface area contributed by atoms with E-state index in [-0.39, 0.29) is 0 Å². The fourth-order valence-electron chi connectivity index (χ4n) is 3.49. The normalized spacial score (nSPS) is 17.3. The van der Waals surface area contributed by atoms with Crippen molar-refractivity contribution in [1.29, 1.82) is 0 Å². The van der Waals surface area contributed by atoms with Crippen molar-refractivity contribution >= 4 is 0 Å². The molecule has 1 fully saturated rings. The van der Waals surface area contributed by atoms with E-state index in [4.69, 9.17) is 4.74 Å². The van der Waals surface area contributed by atoms with Crippen LogP contribution >= 0.6 is 0 Å². The van der Waals surface area contributed by atoms with Gasteiger partial charge in [0.1, 0.15) is 5.75 Å². The molecule has 0 radical (unpaired) electrons. The fourth-order valence-corrected chi connectivity index (χ4v) is 3.49. The number of hydrogen-bond acceptors (Lipinski definition) is 2. The van der Waals surface area contributed by atoms with Gasteiger partial charge in [-0.3, -0.25) is 0 Å². The molecule has 1 unspecified atom stereocenters. The monoisotopic (exact) mass is 275 g/mol. The summed E-state index contributed by atoms with van der Waals surface area (Å²) in [6, 6.07) is 8.47. The highest BCUT2D eigenvalue weighted by molar-refractivity contribution is 5.33. The Morgan fingerprint density at radius 2 is 2.00 bits per heavy atom. The summed E-state index contributed by atoms with van der Waals surface area (Å²) in [6.45, 7) is 4.38. The van der Waals surface area contributed by atoms with Crippen LogP contribution in [-0.2, 0) is 6.42 Å². The third kappa shape index (κ3) is 4.52. The molecule has 1 atom stereocenters. The molecule has 2 heteroatoms. The van der Waals surface area contributed by atoms with Crippen molar-refractivity contribution in [3.8, 4) is 5.75 Å². The quantitative estimate of drug-likeness (QED) is 0.773. The Kier molecular flexibility index (Phi) is 6.38. The zero-order valence-electron chi connectivity index (χ0n) is 13.0. The molecular formula is C18H29NO. The number of nitrogens with one attached hydrogen (secondary N) is 1. The van der Waals surface area contributed by atoms with E-state index in [1.165, 1.54) is 37.7 Å². The summed E-state index contributed by atoms with van der Waals surface area (Å²) in [5.41, 5.74) is 1.36. The zero-order chi connectivity index (χ0) is 14.2. The van der Waals surface area contributed by atoms with E-state index in [0.717, 1.165) is 37.1 Å². The molecule has 0 bridgehead atoms. The molecule has 1 aliphatic carbocycles. The van der Waals surface area contributed by atoms with Crippen molar-refractivity contribution < 1.29 is 4.74 Å². The Labute approximate surface area is 123 Å². The first-order valence-corrected chi connectivity index (χ1v) is 8.16. The highest BCUT2D eigenvalue weighted by atomic mass is 16.5. The van der Waals surface area contributed by atoms with Gasteiger partial charge >= 0.3 is 0 Å². The smallest absolute Gasteiger partial charge is 0.122 e. The minimum Gasteiger partial charge on any atom is -0.496 e. The summed E-state index contributed by atoms with van der Waals surface area (Å²) in [5, 5.41) is 3.54. The standard InChI is InChI=1S/C18H29NO/c1-3-19-14-16(12-15-8-4-5-9-15)13-17-10-6-7-11-18(17)20-2/h6-7,10-11,15-16,19H,3-5,8-9,12-14H2,1-2H3. The van der Waals surface area contributed by atoms with E-state index in [1.54, 1.807) is 7.11 Å². The van der Waals surface area contributed by atoms with Crippen molar-refractivity contribution in [3.63, 3.8) is 0 Å². The van der Waals surface area contributed by atoms with Gasteiger partial charge in [0, 0.05) is 0 Å². The van der Waals surface area contributed by atoms with Crippen LogP contribution in [0.3, 0.4) is 0 Å². The predicted octanol–water partition coefficient (Wildman–Crippen LogP) is 4.04. The van der Waals surface area contributed by atoms with Crippen molar-refractivity contribution in [2.75, 3.05) is 20.2 Å². The SMILES string of the molecule is CCNCC(Cc1ccccc1OC)CC1CCCC1. The maximum Gasteiger partial charge on any atom is 0.122 e. The van der Waals surface area contributed by atoms with Crippen LogP contribution < -0.4 is 10.1 Å². The fraction of sp³-hybridized carbons (Fsp3) is 0.667. The van der Waals surface area contributed by atoms with Crippen molar-refractivity contribution in [2.24, 2.45) is 11.8 Å². The first-order valence-electron chi connectivity index (χ1n) is 8.16. The summed E-state index contributed by atoms with van der Waals surface area (Å²) >= 11 is 0. The Bertz CT molecular complexity index is 385. The number of para-hydroxylation sites is 1. The second kappa shape index (κ2) is 8.31. The van der Waals surface area contributed by atoms with Crippen molar-refractivity contribution in [3.05, 3.63) is 29.8 Å². The molecule has 0 aliphatic heterocycles. The largest absolute Gasteiger partial charge is 0.496 e. The Balaban J connectivity index is 1.97. The van der Waals surface area contributed by atoms with Crippen LogP contribution in [0, 0.1) is 11.8 Å². The van der Waals surface area contributed by atoms with E-state index in [1.807, 2.05) is 0 Å². The molecule has 0 spiro atoms. The van der Waals surface area contributed by atoms with Gasteiger partial charge in [-0.1, -0.05) is 50.8 Å². The molecule has 1 aliphatic rings. The number of benzene rings is 1. The van der Waals surface area contributed by atoms with Gasteiger partial charge in [0.15, 0.2) is 0 Å². The van der Waals surface area contributed by atoms with E-state index < -0.39 is 0 Å². The lowest BCUT2D eigenvalue weighted by Crippen LogP contribution is -2.25. The van der Waals surface area contributed by atoms with Crippen molar-refractivity contribution in [1.82, 2.24) is 5.32 Å². The lowest BCUT2D eigenvalue weighted by Gasteiger charge is -2.22. The number of methoxy groups -OCH3 is 1. The van der Waals surface area contributed by atoms with Gasteiger partial charge in [0.25, 0.3) is 0 Å². The molecular weight excluding hydrogens is 246 g/mol. The van der Waals surface area contributed by atoms with Gasteiger partial charge in [-0.2, -0.15) is 0 Å². The van der Waals surface area contributed by atoms with E-state index >= 15 is 0 Å². The first-order chi connectivity index (χ1) is 9.83. The molecule has 2 nitrogen and oxygen atoms in total. The van der Waals surface area contributed by atoms with Gasteiger partial charge in [-0.05, 0) is 49.4 Å². The molecule has 1 saturated carbocycles. The minimum atomic E-state index is 0.731. The van der Waals surface area contributed by atoms with E-state index in [0.29, 0.717) is 0 Å². The van der Waals surface area contributed by atoms with Crippen molar-refractivity contribution in [2.45, 2.75) is 45.4 Å². The molecule has 20 heavy (non-hydrogen) atoms. The van der Waals surface area contributed by atoms with Crippen LogP contribution in [0.25, 0.3) is 0 Å². The van der Waals surface area contributed by atoms with Gasteiger partial charge < -0.3 is 10.1 Å².